The summed E-state index contributed by atoms with van der Waals surface area (Å²) >= 11 is 3.43. The zero-order valence-corrected chi connectivity index (χ0v) is 11.4. The first-order chi connectivity index (χ1) is 7.61. The van der Waals surface area contributed by atoms with E-state index in [-0.39, 0.29) is 6.10 Å². The lowest BCUT2D eigenvalue weighted by Crippen LogP contribution is -2.17. The van der Waals surface area contributed by atoms with Crippen LogP contribution in [-0.4, -0.2) is 24.9 Å². The Labute approximate surface area is 106 Å². The molecule has 0 fully saturated rings. The third-order valence-corrected chi connectivity index (χ3v) is 2.98. The van der Waals surface area contributed by atoms with Gasteiger partial charge in [-0.05, 0) is 36.5 Å². The summed E-state index contributed by atoms with van der Waals surface area (Å²) in [6, 6.07) is 8.06. The smallest absolute Gasteiger partial charge is 0.0584 e. The SMILES string of the molecule is COCC(C)CC(O)Cc1cccc(Br)c1. The van der Waals surface area contributed by atoms with E-state index in [0.29, 0.717) is 18.9 Å². The lowest BCUT2D eigenvalue weighted by Gasteiger charge is -2.15. The molecule has 1 aromatic carbocycles. The maximum atomic E-state index is 9.92. The van der Waals surface area contributed by atoms with Gasteiger partial charge >= 0.3 is 0 Å². The van der Waals surface area contributed by atoms with Crippen molar-refractivity contribution in [3.8, 4) is 0 Å². The second-order valence-electron chi connectivity index (χ2n) is 4.28. The molecule has 1 N–H and O–H groups in total. The van der Waals surface area contributed by atoms with Gasteiger partial charge in [-0.25, -0.2) is 0 Å². The molecule has 0 aromatic heterocycles. The minimum Gasteiger partial charge on any atom is -0.393 e. The molecule has 0 aliphatic heterocycles. The number of benzene rings is 1. The molecule has 0 spiro atoms. The van der Waals surface area contributed by atoms with Crippen LogP contribution < -0.4 is 0 Å². The number of aliphatic hydroxyl groups excluding tert-OH is 1. The van der Waals surface area contributed by atoms with Gasteiger partial charge < -0.3 is 9.84 Å². The van der Waals surface area contributed by atoms with Crippen molar-refractivity contribution in [1.29, 1.82) is 0 Å². The summed E-state index contributed by atoms with van der Waals surface area (Å²) in [7, 11) is 1.69. The van der Waals surface area contributed by atoms with Crippen molar-refractivity contribution in [2.45, 2.75) is 25.9 Å². The molecule has 0 aliphatic carbocycles. The molecular formula is C13H19BrO2. The number of halogens is 1. The highest BCUT2D eigenvalue weighted by Gasteiger charge is 2.11. The Balaban J connectivity index is 2.42. The van der Waals surface area contributed by atoms with Crippen LogP contribution in [0.5, 0.6) is 0 Å². The summed E-state index contributed by atoms with van der Waals surface area (Å²) < 4.78 is 6.11. The van der Waals surface area contributed by atoms with Crippen LogP contribution in [0.1, 0.15) is 18.9 Å². The topological polar surface area (TPSA) is 29.5 Å². The average molecular weight is 287 g/mol. The van der Waals surface area contributed by atoms with E-state index < -0.39 is 0 Å². The standard InChI is InChI=1S/C13H19BrO2/c1-10(9-16-2)6-13(15)8-11-4-3-5-12(14)7-11/h3-5,7,10,13,15H,6,8-9H2,1-2H3. The van der Waals surface area contributed by atoms with E-state index in [0.717, 1.165) is 16.5 Å². The number of hydrogen-bond donors (Lipinski definition) is 1. The highest BCUT2D eigenvalue weighted by atomic mass is 79.9. The molecule has 0 bridgehead atoms. The van der Waals surface area contributed by atoms with Gasteiger partial charge in [-0.3, -0.25) is 0 Å². The van der Waals surface area contributed by atoms with Crippen molar-refractivity contribution in [1.82, 2.24) is 0 Å². The lowest BCUT2D eigenvalue weighted by atomic mass is 9.99. The van der Waals surface area contributed by atoms with Gasteiger partial charge in [-0.1, -0.05) is 35.0 Å². The molecule has 0 radical (unpaired) electrons. The minimum atomic E-state index is -0.292. The maximum absolute atomic E-state index is 9.92. The number of aliphatic hydroxyl groups is 1. The molecule has 3 heteroatoms. The molecule has 0 saturated heterocycles. The Hall–Kier alpha value is -0.380. The van der Waals surface area contributed by atoms with Crippen LogP contribution in [0.3, 0.4) is 0 Å². The largest absolute Gasteiger partial charge is 0.393 e. The van der Waals surface area contributed by atoms with Crippen LogP contribution >= 0.6 is 15.9 Å². The molecule has 0 aliphatic rings. The van der Waals surface area contributed by atoms with E-state index >= 15 is 0 Å². The molecular weight excluding hydrogens is 268 g/mol. The average Bonchev–Trinajstić information content (AvgIpc) is 2.17. The lowest BCUT2D eigenvalue weighted by molar-refractivity contribution is 0.102. The first-order valence-electron chi connectivity index (χ1n) is 5.53. The molecule has 1 rings (SSSR count). The van der Waals surface area contributed by atoms with Crippen molar-refractivity contribution in [2.24, 2.45) is 5.92 Å². The summed E-state index contributed by atoms with van der Waals surface area (Å²) in [6.07, 6.45) is 1.19. The fourth-order valence-electron chi connectivity index (χ4n) is 1.84. The van der Waals surface area contributed by atoms with Gasteiger partial charge in [0, 0.05) is 18.2 Å². The Morgan fingerprint density at radius 3 is 2.81 bits per heavy atom. The molecule has 0 amide bonds. The predicted octanol–water partition coefficient (Wildman–Crippen LogP) is 3.03. The van der Waals surface area contributed by atoms with Crippen molar-refractivity contribution in [3.05, 3.63) is 34.3 Å². The Morgan fingerprint density at radius 1 is 1.44 bits per heavy atom. The molecule has 16 heavy (non-hydrogen) atoms. The van der Waals surface area contributed by atoms with E-state index in [1.54, 1.807) is 7.11 Å². The van der Waals surface area contributed by atoms with E-state index in [2.05, 4.69) is 22.9 Å². The Kier molecular flexibility index (Phi) is 6.03. The normalized spacial score (nSPS) is 14.8. The molecule has 0 saturated carbocycles. The first-order valence-corrected chi connectivity index (χ1v) is 6.32. The zero-order chi connectivity index (χ0) is 12.0. The van der Waals surface area contributed by atoms with Crippen molar-refractivity contribution >= 4 is 15.9 Å². The van der Waals surface area contributed by atoms with Gasteiger partial charge in [0.2, 0.25) is 0 Å². The van der Waals surface area contributed by atoms with Crippen LogP contribution in [0.2, 0.25) is 0 Å². The van der Waals surface area contributed by atoms with Gasteiger partial charge in [-0.15, -0.1) is 0 Å². The fraction of sp³-hybridized carbons (Fsp3) is 0.538. The monoisotopic (exact) mass is 286 g/mol. The maximum Gasteiger partial charge on any atom is 0.0584 e. The van der Waals surface area contributed by atoms with E-state index in [9.17, 15) is 5.11 Å². The summed E-state index contributed by atoms with van der Waals surface area (Å²) in [5, 5.41) is 9.92. The predicted molar refractivity (Wildman–Crippen MR) is 69.5 cm³/mol. The molecule has 2 unspecified atom stereocenters. The van der Waals surface area contributed by atoms with Gasteiger partial charge in [-0.2, -0.15) is 0 Å². The fourth-order valence-corrected chi connectivity index (χ4v) is 2.28. The van der Waals surface area contributed by atoms with Crippen LogP contribution in [0.25, 0.3) is 0 Å². The van der Waals surface area contributed by atoms with Crippen molar-refractivity contribution < 1.29 is 9.84 Å². The highest BCUT2D eigenvalue weighted by molar-refractivity contribution is 9.10. The number of ether oxygens (including phenoxy) is 1. The van der Waals surface area contributed by atoms with Crippen LogP contribution in [0, 0.1) is 5.92 Å². The molecule has 90 valence electrons. The van der Waals surface area contributed by atoms with Gasteiger partial charge in [0.15, 0.2) is 0 Å². The van der Waals surface area contributed by atoms with E-state index in [4.69, 9.17) is 4.74 Å². The number of rotatable bonds is 6. The highest BCUT2D eigenvalue weighted by Crippen LogP contribution is 2.15. The Morgan fingerprint density at radius 2 is 2.19 bits per heavy atom. The first kappa shape index (κ1) is 13.7. The van der Waals surface area contributed by atoms with Gasteiger partial charge in [0.1, 0.15) is 0 Å². The zero-order valence-electron chi connectivity index (χ0n) is 9.82. The van der Waals surface area contributed by atoms with Crippen LogP contribution in [-0.2, 0) is 11.2 Å². The molecule has 1 aromatic rings. The van der Waals surface area contributed by atoms with Crippen LogP contribution in [0.15, 0.2) is 28.7 Å². The molecule has 0 heterocycles. The third kappa shape index (κ3) is 5.10. The quantitative estimate of drug-likeness (QED) is 0.871. The summed E-state index contributed by atoms with van der Waals surface area (Å²) in [5.41, 5.74) is 1.16. The minimum absolute atomic E-state index is 0.292. The Bertz CT molecular complexity index is 315. The third-order valence-electron chi connectivity index (χ3n) is 2.49. The van der Waals surface area contributed by atoms with Crippen molar-refractivity contribution in [2.75, 3.05) is 13.7 Å². The number of methoxy groups -OCH3 is 1. The second kappa shape index (κ2) is 7.05. The van der Waals surface area contributed by atoms with Gasteiger partial charge in [0.25, 0.3) is 0 Å². The molecule has 2 atom stereocenters. The summed E-state index contributed by atoms with van der Waals surface area (Å²) in [6.45, 7) is 2.79. The molecule has 2 nitrogen and oxygen atoms in total. The second-order valence-corrected chi connectivity index (χ2v) is 5.20. The summed E-state index contributed by atoms with van der Waals surface area (Å²) in [5.74, 6) is 0.396. The van der Waals surface area contributed by atoms with E-state index in [1.165, 1.54) is 0 Å². The number of hydrogen-bond acceptors (Lipinski definition) is 2. The summed E-state index contributed by atoms with van der Waals surface area (Å²) in [4.78, 5) is 0. The van der Waals surface area contributed by atoms with Crippen LogP contribution in [0.4, 0.5) is 0 Å². The van der Waals surface area contributed by atoms with Gasteiger partial charge in [0.05, 0.1) is 6.10 Å². The van der Waals surface area contributed by atoms with E-state index in [1.807, 2.05) is 24.3 Å². The van der Waals surface area contributed by atoms with Crippen molar-refractivity contribution in [3.63, 3.8) is 0 Å².